The van der Waals surface area contributed by atoms with Crippen LogP contribution in [0.1, 0.15) is 13.8 Å². The molecule has 2 heterocycles. The zero-order valence-electron chi connectivity index (χ0n) is 9.26. The van der Waals surface area contributed by atoms with Gasteiger partial charge in [-0.05, 0) is 0 Å². The van der Waals surface area contributed by atoms with Crippen LogP contribution in [0.2, 0.25) is 0 Å². The Bertz CT molecular complexity index is 348. The van der Waals surface area contributed by atoms with E-state index in [1.54, 1.807) is 6.08 Å². The molecule has 1 saturated heterocycles. The topological polar surface area (TPSA) is 52.6 Å². The van der Waals surface area contributed by atoms with Crippen LogP contribution in [-0.2, 0) is 19.1 Å². The van der Waals surface area contributed by atoms with Crippen molar-refractivity contribution in [2.75, 3.05) is 12.4 Å². The van der Waals surface area contributed by atoms with Crippen LogP contribution in [0.4, 0.5) is 0 Å². The number of hydrogen-bond acceptors (Lipinski definition) is 5. The van der Waals surface area contributed by atoms with Crippen molar-refractivity contribution in [3.63, 3.8) is 0 Å². The number of ether oxygens (including phenoxy) is 2. The van der Waals surface area contributed by atoms with Crippen LogP contribution in [-0.4, -0.2) is 35.7 Å². The minimum Gasteiger partial charge on any atom is -0.462 e. The van der Waals surface area contributed by atoms with Crippen molar-refractivity contribution in [2.45, 2.75) is 25.2 Å². The SMILES string of the molecule is CC1(C)COC(=O)[C@@H]1OC(=O)[C@@H]1C=CCS1. The maximum atomic E-state index is 11.7. The summed E-state index contributed by atoms with van der Waals surface area (Å²) in [7, 11) is 0. The van der Waals surface area contributed by atoms with E-state index in [1.807, 2.05) is 19.9 Å². The van der Waals surface area contributed by atoms with Gasteiger partial charge >= 0.3 is 11.9 Å². The lowest BCUT2D eigenvalue weighted by molar-refractivity contribution is -0.162. The number of esters is 2. The molecule has 2 rings (SSSR count). The summed E-state index contributed by atoms with van der Waals surface area (Å²) < 4.78 is 10.1. The zero-order chi connectivity index (χ0) is 11.8. The Morgan fingerprint density at radius 3 is 2.88 bits per heavy atom. The Morgan fingerprint density at radius 1 is 1.62 bits per heavy atom. The van der Waals surface area contributed by atoms with E-state index >= 15 is 0 Å². The molecule has 4 nitrogen and oxygen atoms in total. The molecule has 0 aliphatic carbocycles. The molecule has 2 aliphatic rings. The van der Waals surface area contributed by atoms with Crippen molar-refractivity contribution in [1.82, 2.24) is 0 Å². The Balaban J connectivity index is 2.00. The Hall–Kier alpha value is -0.970. The van der Waals surface area contributed by atoms with Crippen LogP contribution in [0, 0.1) is 5.41 Å². The molecule has 2 atom stereocenters. The molecular formula is C11H14O4S. The second kappa shape index (κ2) is 4.13. The van der Waals surface area contributed by atoms with Crippen LogP contribution >= 0.6 is 11.8 Å². The minimum absolute atomic E-state index is 0.274. The highest BCUT2D eigenvalue weighted by Gasteiger charge is 2.47. The number of rotatable bonds is 2. The average Bonchev–Trinajstić information content (AvgIpc) is 2.81. The van der Waals surface area contributed by atoms with Crippen LogP contribution in [0.5, 0.6) is 0 Å². The van der Waals surface area contributed by atoms with Crippen molar-refractivity contribution < 1.29 is 19.1 Å². The van der Waals surface area contributed by atoms with Crippen molar-refractivity contribution in [3.05, 3.63) is 12.2 Å². The summed E-state index contributed by atoms with van der Waals surface area (Å²) in [4.78, 5) is 23.1. The molecule has 0 saturated carbocycles. The van der Waals surface area contributed by atoms with E-state index in [-0.39, 0.29) is 11.2 Å². The van der Waals surface area contributed by atoms with Gasteiger partial charge in [-0.15, -0.1) is 11.8 Å². The zero-order valence-corrected chi connectivity index (χ0v) is 10.1. The van der Waals surface area contributed by atoms with E-state index in [9.17, 15) is 9.59 Å². The number of thioether (sulfide) groups is 1. The summed E-state index contributed by atoms with van der Waals surface area (Å²) in [5.74, 6) is 0.0270. The largest absolute Gasteiger partial charge is 0.462 e. The van der Waals surface area contributed by atoms with Gasteiger partial charge in [0, 0.05) is 11.2 Å². The Morgan fingerprint density at radius 2 is 2.38 bits per heavy atom. The number of carbonyl (C=O) groups excluding carboxylic acids is 2. The highest BCUT2D eigenvalue weighted by molar-refractivity contribution is 8.01. The second-order valence-corrected chi connectivity index (χ2v) is 5.77. The molecule has 0 bridgehead atoms. The van der Waals surface area contributed by atoms with Gasteiger partial charge < -0.3 is 9.47 Å². The number of hydrogen-bond donors (Lipinski definition) is 0. The van der Waals surface area contributed by atoms with Gasteiger partial charge in [0.25, 0.3) is 0 Å². The Kier molecular flexibility index (Phi) is 2.97. The molecule has 0 spiro atoms. The fourth-order valence-corrected chi connectivity index (χ4v) is 2.50. The van der Waals surface area contributed by atoms with Gasteiger partial charge in [-0.25, -0.2) is 4.79 Å². The first-order valence-electron chi connectivity index (χ1n) is 5.16. The van der Waals surface area contributed by atoms with Gasteiger partial charge in [0.1, 0.15) is 11.9 Å². The lowest BCUT2D eigenvalue weighted by Crippen LogP contribution is -2.36. The van der Waals surface area contributed by atoms with E-state index in [0.29, 0.717) is 6.61 Å². The summed E-state index contributed by atoms with van der Waals surface area (Å²) in [5.41, 5.74) is -0.431. The van der Waals surface area contributed by atoms with Crippen molar-refractivity contribution in [2.24, 2.45) is 5.41 Å². The molecule has 16 heavy (non-hydrogen) atoms. The molecular weight excluding hydrogens is 228 g/mol. The minimum atomic E-state index is -0.769. The molecule has 0 radical (unpaired) electrons. The van der Waals surface area contributed by atoms with Gasteiger partial charge in [0.2, 0.25) is 6.10 Å². The molecule has 0 N–H and O–H groups in total. The van der Waals surface area contributed by atoms with Crippen LogP contribution in [0.15, 0.2) is 12.2 Å². The van der Waals surface area contributed by atoms with Crippen LogP contribution < -0.4 is 0 Å². The molecule has 0 amide bonds. The summed E-state index contributed by atoms with van der Waals surface area (Å²) in [6.45, 7) is 4.01. The van der Waals surface area contributed by atoms with E-state index in [0.717, 1.165) is 5.75 Å². The standard InChI is InChI=1S/C11H14O4S/c1-11(2)6-14-10(13)8(11)15-9(12)7-4-3-5-16-7/h3-4,7-8H,5-6H2,1-2H3/t7-,8-/m0/s1. The summed E-state index contributed by atoms with van der Waals surface area (Å²) in [6, 6.07) is 0. The average molecular weight is 242 g/mol. The van der Waals surface area contributed by atoms with E-state index in [2.05, 4.69) is 0 Å². The maximum absolute atomic E-state index is 11.7. The lowest BCUT2D eigenvalue weighted by Gasteiger charge is -2.22. The first-order chi connectivity index (χ1) is 7.50. The predicted molar refractivity (Wildman–Crippen MR) is 60.0 cm³/mol. The third kappa shape index (κ3) is 2.09. The molecule has 2 aliphatic heterocycles. The van der Waals surface area contributed by atoms with Crippen molar-refractivity contribution in [1.29, 1.82) is 0 Å². The fourth-order valence-electron chi connectivity index (χ4n) is 1.66. The third-order valence-corrected chi connectivity index (χ3v) is 3.75. The highest BCUT2D eigenvalue weighted by atomic mass is 32.2. The van der Waals surface area contributed by atoms with Gasteiger partial charge in [-0.1, -0.05) is 26.0 Å². The molecule has 0 unspecified atom stereocenters. The van der Waals surface area contributed by atoms with Gasteiger partial charge in [-0.2, -0.15) is 0 Å². The maximum Gasteiger partial charge on any atom is 0.348 e. The monoisotopic (exact) mass is 242 g/mol. The van der Waals surface area contributed by atoms with Gasteiger partial charge in [-0.3, -0.25) is 4.79 Å². The number of cyclic esters (lactones) is 1. The first-order valence-corrected chi connectivity index (χ1v) is 6.21. The highest BCUT2D eigenvalue weighted by Crippen LogP contribution is 2.32. The normalized spacial score (nSPS) is 31.5. The molecule has 1 fully saturated rings. The molecule has 0 aromatic carbocycles. The third-order valence-electron chi connectivity index (χ3n) is 2.66. The Labute approximate surface area is 98.4 Å². The summed E-state index contributed by atoms with van der Waals surface area (Å²) in [5, 5.41) is -0.274. The van der Waals surface area contributed by atoms with Gasteiger partial charge in [0.15, 0.2) is 0 Å². The first kappa shape index (κ1) is 11.5. The van der Waals surface area contributed by atoms with E-state index in [4.69, 9.17) is 9.47 Å². The second-order valence-electron chi connectivity index (χ2n) is 4.60. The molecule has 88 valence electrons. The number of carbonyl (C=O) groups is 2. The fraction of sp³-hybridized carbons (Fsp3) is 0.636. The molecule has 5 heteroatoms. The van der Waals surface area contributed by atoms with Crippen LogP contribution in [0.25, 0.3) is 0 Å². The summed E-state index contributed by atoms with van der Waals surface area (Å²) in [6.07, 6.45) is 2.96. The molecule has 0 aromatic rings. The molecule has 0 aromatic heterocycles. The van der Waals surface area contributed by atoms with Gasteiger partial charge in [0.05, 0.1) is 0 Å². The van der Waals surface area contributed by atoms with E-state index in [1.165, 1.54) is 11.8 Å². The van der Waals surface area contributed by atoms with Crippen molar-refractivity contribution >= 4 is 23.7 Å². The predicted octanol–water partition coefficient (Wildman–Crippen LogP) is 1.15. The lowest BCUT2D eigenvalue weighted by atomic mass is 9.90. The smallest absolute Gasteiger partial charge is 0.348 e. The summed E-state index contributed by atoms with van der Waals surface area (Å²) >= 11 is 1.50. The quantitative estimate of drug-likeness (QED) is 0.537. The van der Waals surface area contributed by atoms with Crippen LogP contribution in [0.3, 0.4) is 0 Å². The van der Waals surface area contributed by atoms with E-state index < -0.39 is 17.5 Å². The van der Waals surface area contributed by atoms with Crippen molar-refractivity contribution in [3.8, 4) is 0 Å².